The highest BCUT2D eigenvalue weighted by Crippen LogP contribution is 2.32. The Balaban J connectivity index is 1.59. The number of carbonyl (C=O) groups is 1. The maximum Gasteiger partial charge on any atom is 0.410 e. The summed E-state index contributed by atoms with van der Waals surface area (Å²) in [4.78, 5) is 25.7. The van der Waals surface area contributed by atoms with Gasteiger partial charge in [-0.1, -0.05) is 6.92 Å². The Morgan fingerprint density at radius 1 is 1.14 bits per heavy atom. The topological polar surface area (TPSA) is 67.8 Å². The molecule has 0 unspecified atom stereocenters. The molecule has 0 N–H and O–H groups in total. The minimum Gasteiger partial charge on any atom is -0.472 e. The van der Waals surface area contributed by atoms with Crippen LogP contribution in [0.1, 0.15) is 71.4 Å². The quantitative estimate of drug-likeness (QED) is 0.717. The van der Waals surface area contributed by atoms with E-state index in [1.807, 2.05) is 20.8 Å². The summed E-state index contributed by atoms with van der Waals surface area (Å²) in [5.41, 5.74) is 0.459. The molecule has 1 amide bonds. The van der Waals surface area contributed by atoms with Gasteiger partial charge in [-0.25, -0.2) is 9.78 Å². The van der Waals surface area contributed by atoms with E-state index in [1.165, 1.54) is 12.8 Å². The number of amides is 1. The van der Waals surface area contributed by atoms with Gasteiger partial charge in [0.15, 0.2) is 0 Å². The Bertz CT molecular complexity index is 662. The van der Waals surface area contributed by atoms with Crippen molar-refractivity contribution in [2.45, 2.75) is 77.4 Å². The summed E-state index contributed by atoms with van der Waals surface area (Å²) in [6.07, 6.45) is 8.54. The van der Waals surface area contributed by atoms with Crippen molar-refractivity contribution in [3.8, 4) is 5.88 Å². The Labute approximate surface area is 174 Å². The fourth-order valence-corrected chi connectivity index (χ4v) is 4.03. The van der Waals surface area contributed by atoms with E-state index in [0.29, 0.717) is 19.0 Å². The molecule has 3 rings (SSSR count). The average Bonchev–Trinajstić information content (AvgIpc) is 3.20. The molecule has 2 saturated heterocycles. The average molecular weight is 405 g/mol. The first-order chi connectivity index (χ1) is 13.9. The van der Waals surface area contributed by atoms with Crippen LogP contribution in [0.5, 0.6) is 5.88 Å². The summed E-state index contributed by atoms with van der Waals surface area (Å²) in [5.74, 6) is 0.913. The standard InChI is InChI=1S/C22H36N4O3/c1-5-18(16-25-12-6-7-13-25)28-20-19(23-10-11-24-20)17-8-14-26(15-9-17)21(27)29-22(2,3)4/h10-11,17-18H,5-9,12-16H2,1-4H3/t18-/m0/s1. The Kier molecular flexibility index (Phi) is 7.33. The lowest BCUT2D eigenvalue weighted by molar-refractivity contribution is 0.0203. The molecule has 1 aromatic rings. The van der Waals surface area contributed by atoms with Crippen molar-refractivity contribution in [1.82, 2.24) is 19.8 Å². The van der Waals surface area contributed by atoms with Gasteiger partial charge in [0.2, 0.25) is 5.88 Å². The zero-order chi connectivity index (χ0) is 20.9. The van der Waals surface area contributed by atoms with Crippen LogP contribution in [0.2, 0.25) is 0 Å². The van der Waals surface area contributed by atoms with Crippen molar-refractivity contribution in [2.24, 2.45) is 0 Å². The van der Waals surface area contributed by atoms with E-state index in [2.05, 4.69) is 21.8 Å². The van der Waals surface area contributed by atoms with Crippen LogP contribution in [0.25, 0.3) is 0 Å². The zero-order valence-electron chi connectivity index (χ0n) is 18.4. The van der Waals surface area contributed by atoms with E-state index in [-0.39, 0.29) is 18.1 Å². The van der Waals surface area contributed by atoms with Gasteiger partial charge in [-0.15, -0.1) is 0 Å². The van der Waals surface area contributed by atoms with Crippen LogP contribution in [0, 0.1) is 0 Å². The molecule has 162 valence electrons. The minimum absolute atomic E-state index is 0.130. The highest BCUT2D eigenvalue weighted by molar-refractivity contribution is 5.68. The van der Waals surface area contributed by atoms with Crippen molar-refractivity contribution < 1.29 is 14.3 Å². The minimum atomic E-state index is -0.468. The molecule has 1 aromatic heterocycles. The number of nitrogens with zero attached hydrogens (tertiary/aromatic N) is 4. The van der Waals surface area contributed by atoms with Gasteiger partial charge >= 0.3 is 6.09 Å². The van der Waals surface area contributed by atoms with Crippen LogP contribution in [0.4, 0.5) is 4.79 Å². The van der Waals surface area contributed by atoms with Crippen LogP contribution in [0.3, 0.4) is 0 Å². The van der Waals surface area contributed by atoms with Gasteiger partial charge in [-0.2, -0.15) is 0 Å². The molecular weight excluding hydrogens is 368 g/mol. The second-order valence-corrected chi connectivity index (χ2v) is 9.14. The van der Waals surface area contributed by atoms with E-state index in [1.54, 1.807) is 17.3 Å². The number of rotatable bonds is 6. The molecule has 3 heterocycles. The first-order valence-corrected chi connectivity index (χ1v) is 11.0. The van der Waals surface area contributed by atoms with Gasteiger partial charge < -0.3 is 14.4 Å². The monoisotopic (exact) mass is 404 g/mol. The summed E-state index contributed by atoms with van der Waals surface area (Å²) in [6.45, 7) is 12.5. The van der Waals surface area contributed by atoms with E-state index >= 15 is 0 Å². The Morgan fingerprint density at radius 3 is 2.41 bits per heavy atom. The van der Waals surface area contributed by atoms with Crippen LogP contribution < -0.4 is 4.74 Å². The van der Waals surface area contributed by atoms with Crippen LogP contribution in [-0.4, -0.2) is 70.3 Å². The van der Waals surface area contributed by atoms with Crippen LogP contribution in [0.15, 0.2) is 12.4 Å². The van der Waals surface area contributed by atoms with Gasteiger partial charge in [-0.05, 0) is 66.0 Å². The molecule has 7 nitrogen and oxygen atoms in total. The third-order valence-corrected chi connectivity index (χ3v) is 5.62. The van der Waals surface area contributed by atoms with Crippen molar-refractivity contribution in [3.05, 3.63) is 18.1 Å². The molecular formula is C22H36N4O3. The molecule has 0 radical (unpaired) electrons. The molecule has 2 aliphatic heterocycles. The zero-order valence-corrected chi connectivity index (χ0v) is 18.4. The van der Waals surface area contributed by atoms with Gasteiger partial charge in [0.25, 0.3) is 0 Å². The van der Waals surface area contributed by atoms with E-state index in [9.17, 15) is 4.79 Å². The molecule has 2 aliphatic rings. The number of hydrogen-bond acceptors (Lipinski definition) is 6. The second kappa shape index (κ2) is 9.74. The highest BCUT2D eigenvalue weighted by Gasteiger charge is 2.30. The van der Waals surface area contributed by atoms with Crippen molar-refractivity contribution in [1.29, 1.82) is 0 Å². The first kappa shape index (κ1) is 21.8. The predicted molar refractivity (Wildman–Crippen MR) is 112 cm³/mol. The third kappa shape index (κ3) is 6.29. The van der Waals surface area contributed by atoms with E-state index < -0.39 is 5.60 Å². The van der Waals surface area contributed by atoms with E-state index in [4.69, 9.17) is 9.47 Å². The molecule has 0 aromatic carbocycles. The summed E-state index contributed by atoms with van der Waals surface area (Å²) >= 11 is 0. The lowest BCUT2D eigenvalue weighted by atomic mass is 9.93. The van der Waals surface area contributed by atoms with Gasteiger partial charge in [0, 0.05) is 37.9 Å². The summed E-state index contributed by atoms with van der Waals surface area (Å²) in [5, 5.41) is 0. The van der Waals surface area contributed by atoms with Crippen LogP contribution >= 0.6 is 0 Å². The Morgan fingerprint density at radius 2 is 1.79 bits per heavy atom. The van der Waals surface area contributed by atoms with E-state index in [0.717, 1.165) is 44.6 Å². The Hall–Kier alpha value is -1.89. The maximum atomic E-state index is 12.3. The summed E-state index contributed by atoms with van der Waals surface area (Å²) in [7, 11) is 0. The highest BCUT2D eigenvalue weighted by atomic mass is 16.6. The smallest absolute Gasteiger partial charge is 0.410 e. The number of ether oxygens (including phenoxy) is 2. The first-order valence-electron chi connectivity index (χ1n) is 11.0. The fraction of sp³-hybridized carbons (Fsp3) is 0.773. The molecule has 29 heavy (non-hydrogen) atoms. The largest absolute Gasteiger partial charge is 0.472 e. The maximum absolute atomic E-state index is 12.3. The normalized spacial score (nSPS) is 19.9. The fourth-order valence-electron chi connectivity index (χ4n) is 4.03. The number of carbonyl (C=O) groups excluding carboxylic acids is 1. The van der Waals surface area contributed by atoms with Gasteiger partial charge in [0.05, 0.1) is 0 Å². The summed E-state index contributed by atoms with van der Waals surface area (Å²) < 4.78 is 11.8. The predicted octanol–water partition coefficient (Wildman–Crippen LogP) is 3.84. The number of aromatic nitrogens is 2. The number of hydrogen-bond donors (Lipinski definition) is 0. The third-order valence-electron chi connectivity index (χ3n) is 5.62. The number of piperidine rings is 1. The van der Waals surface area contributed by atoms with Crippen molar-refractivity contribution >= 4 is 6.09 Å². The molecule has 0 spiro atoms. The molecule has 7 heteroatoms. The van der Waals surface area contributed by atoms with Crippen molar-refractivity contribution in [2.75, 3.05) is 32.7 Å². The van der Waals surface area contributed by atoms with Gasteiger partial charge in [0.1, 0.15) is 17.4 Å². The van der Waals surface area contributed by atoms with Gasteiger partial charge in [-0.3, -0.25) is 9.88 Å². The van der Waals surface area contributed by atoms with Crippen LogP contribution in [-0.2, 0) is 4.74 Å². The summed E-state index contributed by atoms with van der Waals surface area (Å²) in [6, 6.07) is 0. The molecule has 0 saturated carbocycles. The van der Waals surface area contributed by atoms with Crippen molar-refractivity contribution in [3.63, 3.8) is 0 Å². The second-order valence-electron chi connectivity index (χ2n) is 9.14. The lowest BCUT2D eigenvalue weighted by Gasteiger charge is -2.33. The molecule has 1 atom stereocenters. The number of likely N-dealkylation sites (tertiary alicyclic amines) is 2. The SMILES string of the molecule is CC[C@@H](CN1CCCC1)Oc1nccnc1C1CCN(C(=O)OC(C)(C)C)CC1. The molecule has 2 fully saturated rings. The molecule has 0 aliphatic carbocycles. The lowest BCUT2D eigenvalue weighted by Crippen LogP contribution is -2.41. The molecule has 0 bridgehead atoms.